The zero-order valence-corrected chi connectivity index (χ0v) is 53.3. The maximum Gasteiger partial charge on any atom is 0.306 e. The maximum absolute atomic E-state index is 13.0. The molecule has 1 unspecified atom stereocenters. The quantitative estimate of drug-likeness (QED) is 0.0261. The van der Waals surface area contributed by atoms with Crippen LogP contribution in [0.15, 0.2) is 109 Å². The molecule has 0 saturated carbocycles. The fourth-order valence-electron chi connectivity index (χ4n) is 9.66. The van der Waals surface area contributed by atoms with E-state index in [4.69, 9.17) is 14.2 Å². The molecule has 0 spiro atoms. The van der Waals surface area contributed by atoms with Gasteiger partial charge in [0.25, 0.3) is 0 Å². The van der Waals surface area contributed by atoms with E-state index < -0.39 is 6.10 Å². The van der Waals surface area contributed by atoms with Crippen molar-refractivity contribution in [1.82, 2.24) is 0 Å². The van der Waals surface area contributed by atoms with Crippen molar-refractivity contribution < 1.29 is 28.6 Å². The van der Waals surface area contributed by atoms with E-state index in [0.29, 0.717) is 19.3 Å². The molecular formula is C75H128O6. The summed E-state index contributed by atoms with van der Waals surface area (Å²) in [5.41, 5.74) is 0. The number of esters is 3. The fourth-order valence-corrected chi connectivity index (χ4v) is 9.66. The van der Waals surface area contributed by atoms with Crippen LogP contribution in [0.4, 0.5) is 0 Å². The molecule has 464 valence electrons. The number of rotatable bonds is 62. The third-order valence-electron chi connectivity index (χ3n) is 14.7. The smallest absolute Gasteiger partial charge is 0.306 e. The molecule has 6 heteroatoms. The average molecular weight is 1130 g/mol. The van der Waals surface area contributed by atoms with Crippen LogP contribution < -0.4 is 0 Å². The van der Waals surface area contributed by atoms with Crippen LogP contribution in [0.25, 0.3) is 0 Å². The van der Waals surface area contributed by atoms with Crippen LogP contribution >= 0.6 is 0 Å². The van der Waals surface area contributed by atoms with E-state index in [9.17, 15) is 14.4 Å². The van der Waals surface area contributed by atoms with Crippen LogP contribution in [0, 0.1) is 0 Å². The summed E-state index contributed by atoms with van der Waals surface area (Å²) in [6.45, 7) is 6.44. The standard InChI is InChI=1S/C75H128O6/c1-4-7-10-13-16-19-22-25-28-31-33-35-36-37-38-40-41-44-47-50-53-56-59-62-65-68-74(77)80-71-72(70-79-73(76)67-64-61-58-55-52-49-46-43-30-27-24-21-18-15-12-9-6-3)81-75(78)69-66-63-60-57-54-51-48-45-42-39-34-32-29-26-23-20-17-14-11-8-5-2/h7,9-10,12,16,18-19,21,25,27-28,30,32-35,37-38,72H,4-6,8,11,13-15,17,20,22-24,26,29,31,36,39-71H2,1-3H3/b10-7-,12-9-,19-16-,21-18-,28-25-,30-27-,34-32-,35-33-,38-37-. The molecule has 6 nitrogen and oxygen atoms in total. The number of ether oxygens (including phenoxy) is 3. The lowest BCUT2D eigenvalue weighted by Gasteiger charge is -2.18. The van der Waals surface area contributed by atoms with Crippen molar-refractivity contribution in [2.75, 3.05) is 13.2 Å². The molecule has 0 rings (SSSR count). The van der Waals surface area contributed by atoms with Gasteiger partial charge in [-0.3, -0.25) is 14.4 Å². The van der Waals surface area contributed by atoms with E-state index in [2.05, 4.69) is 130 Å². The average Bonchev–Trinajstić information content (AvgIpc) is 3.47. The van der Waals surface area contributed by atoms with Gasteiger partial charge in [-0.25, -0.2) is 0 Å². The molecule has 0 saturated heterocycles. The minimum Gasteiger partial charge on any atom is -0.462 e. The third kappa shape index (κ3) is 66.8. The summed E-state index contributed by atoms with van der Waals surface area (Å²) < 4.78 is 17.0. The van der Waals surface area contributed by atoms with E-state index in [1.54, 1.807) is 0 Å². The molecule has 0 amide bonds. The summed E-state index contributed by atoms with van der Waals surface area (Å²) in [5.74, 6) is -0.890. The molecule has 0 radical (unpaired) electrons. The molecule has 0 aromatic heterocycles. The van der Waals surface area contributed by atoms with Crippen molar-refractivity contribution in [2.24, 2.45) is 0 Å². The zero-order chi connectivity index (χ0) is 58.5. The first-order valence-corrected chi connectivity index (χ1v) is 34.4. The Labute approximate surface area is 501 Å². The predicted octanol–water partition coefficient (Wildman–Crippen LogP) is 23.8. The number of unbranched alkanes of at least 4 members (excludes halogenated alkanes) is 33. The van der Waals surface area contributed by atoms with Crippen LogP contribution in [0.2, 0.25) is 0 Å². The summed E-state index contributed by atoms with van der Waals surface area (Å²) >= 11 is 0. The van der Waals surface area contributed by atoms with E-state index in [1.807, 2.05) is 0 Å². The highest BCUT2D eigenvalue weighted by Crippen LogP contribution is 2.17. The van der Waals surface area contributed by atoms with Crippen LogP contribution in [-0.2, 0) is 28.6 Å². The molecule has 0 aromatic carbocycles. The van der Waals surface area contributed by atoms with E-state index in [0.717, 1.165) is 122 Å². The lowest BCUT2D eigenvalue weighted by Crippen LogP contribution is -2.30. The van der Waals surface area contributed by atoms with Gasteiger partial charge in [-0.05, 0) is 122 Å². The highest BCUT2D eigenvalue weighted by Gasteiger charge is 2.19. The van der Waals surface area contributed by atoms with Gasteiger partial charge in [0.05, 0.1) is 0 Å². The van der Waals surface area contributed by atoms with Gasteiger partial charge >= 0.3 is 17.9 Å². The Morgan fingerprint density at radius 1 is 0.259 bits per heavy atom. The maximum atomic E-state index is 13.0. The fraction of sp³-hybridized carbons (Fsp3) is 0.720. The van der Waals surface area contributed by atoms with Crippen molar-refractivity contribution >= 4 is 17.9 Å². The van der Waals surface area contributed by atoms with Crippen molar-refractivity contribution in [2.45, 2.75) is 335 Å². The molecule has 1 atom stereocenters. The van der Waals surface area contributed by atoms with Crippen LogP contribution in [0.1, 0.15) is 329 Å². The summed E-state index contributed by atoms with van der Waals surface area (Å²) in [7, 11) is 0. The van der Waals surface area contributed by atoms with Crippen molar-refractivity contribution in [3.8, 4) is 0 Å². The Morgan fingerprint density at radius 2 is 0.481 bits per heavy atom. The molecule has 81 heavy (non-hydrogen) atoms. The highest BCUT2D eigenvalue weighted by molar-refractivity contribution is 5.71. The first-order chi connectivity index (χ1) is 40.0. The lowest BCUT2D eigenvalue weighted by molar-refractivity contribution is -0.167. The summed E-state index contributed by atoms with van der Waals surface area (Å²) in [6, 6.07) is 0. The zero-order valence-electron chi connectivity index (χ0n) is 53.3. The van der Waals surface area contributed by atoms with Crippen LogP contribution in [0.5, 0.6) is 0 Å². The number of hydrogen-bond acceptors (Lipinski definition) is 6. The third-order valence-corrected chi connectivity index (χ3v) is 14.7. The molecule has 0 aromatic rings. The monoisotopic (exact) mass is 1120 g/mol. The second-order valence-corrected chi connectivity index (χ2v) is 22.7. The van der Waals surface area contributed by atoms with Gasteiger partial charge in [0.15, 0.2) is 6.10 Å². The summed E-state index contributed by atoms with van der Waals surface area (Å²) in [4.78, 5) is 38.5. The van der Waals surface area contributed by atoms with Gasteiger partial charge in [0.1, 0.15) is 13.2 Å². The first kappa shape index (κ1) is 77.1. The van der Waals surface area contributed by atoms with Gasteiger partial charge in [0, 0.05) is 19.3 Å². The van der Waals surface area contributed by atoms with E-state index in [1.165, 1.54) is 167 Å². The van der Waals surface area contributed by atoms with Gasteiger partial charge in [-0.15, -0.1) is 0 Å². The summed E-state index contributed by atoms with van der Waals surface area (Å²) in [5, 5.41) is 0. The van der Waals surface area contributed by atoms with Crippen LogP contribution in [-0.4, -0.2) is 37.2 Å². The molecular weight excluding hydrogens is 997 g/mol. The molecule has 0 heterocycles. The minimum absolute atomic E-state index is 0.0850. The van der Waals surface area contributed by atoms with Crippen molar-refractivity contribution in [1.29, 1.82) is 0 Å². The Balaban J connectivity index is 4.38. The minimum atomic E-state index is -0.790. The first-order valence-electron chi connectivity index (χ1n) is 34.4. The Kier molecular flexibility index (Phi) is 65.2. The number of hydrogen-bond donors (Lipinski definition) is 0. The topological polar surface area (TPSA) is 78.9 Å². The Hall–Kier alpha value is -3.93. The SMILES string of the molecule is CC/C=C\C/C=C\C/C=C\C/C=C\C/C=C\CCCCCCCCCCCC(=O)OCC(COC(=O)CCCCCCCCC/C=C\C/C=C\C/C=C\CC)OC(=O)CCCCCCCCCCC/C=C\CCCCCCCCCC. The largest absolute Gasteiger partial charge is 0.462 e. The second kappa shape index (κ2) is 68.6. The molecule has 0 aliphatic heterocycles. The number of carbonyl (C=O) groups excluding carboxylic acids is 3. The molecule has 0 aliphatic carbocycles. The number of carbonyl (C=O) groups is 3. The second-order valence-electron chi connectivity index (χ2n) is 22.7. The van der Waals surface area contributed by atoms with Gasteiger partial charge in [-0.1, -0.05) is 297 Å². The molecule has 0 aliphatic rings. The Bertz CT molecular complexity index is 1620. The molecule has 0 fully saturated rings. The highest BCUT2D eigenvalue weighted by atomic mass is 16.6. The molecule has 0 bridgehead atoms. The van der Waals surface area contributed by atoms with Gasteiger partial charge < -0.3 is 14.2 Å². The van der Waals surface area contributed by atoms with Crippen LogP contribution in [0.3, 0.4) is 0 Å². The van der Waals surface area contributed by atoms with E-state index >= 15 is 0 Å². The van der Waals surface area contributed by atoms with Crippen molar-refractivity contribution in [3.63, 3.8) is 0 Å². The van der Waals surface area contributed by atoms with Crippen molar-refractivity contribution in [3.05, 3.63) is 109 Å². The normalized spacial score (nSPS) is 12.8. The van der Waals surface area contributed by atoms with E-state index in [-0.39, 0.29) is 31.1 Å². The summed E-state index contributed by atoms with van der Waals surface area (Å²) in [6.07, 6.45) is 93.8. The number of allylic oxidation sites excluding steroid dienone is 18. The Morgan fingerprint density at radius 3 is 0.765 bits per heavy atom. The predicted molar refractivity (Wildman–Crippen MR) is 353 cm³/mol. The molecule has 0 N–H and O–H groups in total. The van der Waals surface area contributed by atoms with Gasteiger partial charge in [-0.2, -0.15) is 0 Å². The lowest BCUT2D eigenvalue weighted by atomic mass is 10.1. The van der Waals surface area contributed by atoms with Gasteiger partial charge in [0.2, 0.25) is 0 Å².